The molecule has 1 atom stereocenters. The molecular formula is C16H20N2O2S. The molecule has 0 fully saturated rings. The summed E-state index contributed by atoms with van der Waals surface area (Å²) >= 11 is 1.39. The molecule has 1 aromatic carbocycles. The number of amides is 1. The van der Waals surface area contributed by atoms with E-state index in [0.717, 1.165) is 23.4 Å². The highest BCUT2D eigenvalue weighted by molar-refractivity contribution is 7.13. The number of rotatable bonds is 6. The third-order valence-electron chi connectivity index (χ3n) is 3.36. The van der Waals surface area contributed by atoms with Crippen LogP contribution in [0.5, 0.6) is 0 Å². The van der Waals surface area contributed by atoms with Crippen molar-refractivity contribution in [2.24, 2.45) is 0 Å². The Kier molecular flexibility index (Phi) is 5.47. The fourth-order valence-corrected chi connectivity index (χ4v) is 2.79. The maximum atomic E-state index is 12.2. The molecule has 2 aromatic rings. The van der Waals surface area contributed by atoms with Crippen LogP contribution in [0.25, 0.3) is 0 Å². The first kappa shape index (κ1) is 15.7. The Balaban J connectivity index is 2.08. The minimum Gasteiger partial charge on any atom is -0.394 e. The van der Waals surface area contributed by atoms with Gasteiger partial charge in [-0.15, -0.1) is 11.3 Å². The number of carbonyl (C=O) groups excluding carboxylic acids is 1. The summed E-state index contributed by atoms with van der Waals surface area (Å²) in [6.45, 7) is 3.97. The second kappa shape index (κ2) is 7.33. The maximum absolute atomic E-state index is 12.2. The van der Waals surface area contributed by atoms with Crippen molar-refractivity contribution in [1.29, 1.82) is 0 Å². The minimum atomic E-state index is -0.393. The van der Waals surface area contributed by atoms with Crippen LogP contribution in [-0.2, 0) is 12.8 Å². The molecule has 2 rings (SSSR count). The number of benzene rings is 1. The van der Waals surface area contributed by atoms with Crippen LogP contribution in [0.15, 0.2) is 30.5 Å². The van der Waals surface area contributed by atoms with Gasteiger partial charge < -0.3 is 10.4 Å². The van der Waals surface area contributed by atoms with Gasteiger partial charge in [0.1, 0.15) is 4.88 Å². The summed E-state index contributed by atoms with van der Waals surface area (Å²) in [5.74, 6) is -0.189. The lowest BCUT2D eigenvalue weighted by Crippen LogP contribution is -2.30. The maximum Gasteiger partial charge on any atom is 0.263 e. The molecule has 2 N–H and O–H groups in total. The van der Waals surface area contributed by atoms with Gasteiger partial charge in [0.25, 0.3) is 5.91 Å². The Morgan fingerprint density at radius 3 is 2.52 bits per heavy atom. The number of nitrogens with zero attached hydrogens (tertiary/aromatic N) is 1. The summed E-state index contributed by atoms with van der Waals surface area (Å²) in [5.41, 5.74) is 2.14. The lowest BCUT2D eigenvalue weighted by atomic mass is 10.0. The van der Waals surface area contributed by atoms with E-state index in [-0.39, 0.29) is 12.5 Å². The Hall–Kier alpha value is -1.72. The number of aliphatic hydroxyl groups excluding tert-OH is 1. The van der Waals surface area contributed by atoms with Crippen molar-refractivity contribution in [3.8, 4) is 0 Å². The summed E-state index contributed by atoms with van der Waals surface area (Å²) in [6.07, 6.45) is 3.38. The van der Waals surface area contributed by atoms with Crippen LogP contribution in [0.2, 0.25) is 0 Å². The number of aliphatic hydroxyl groups is 1. The van der Waals surface area contributed by atoms with E-state index >= 15 is 0 Å². The summed E-state index contributed by atoms with van der Waals surface area (Å²) in [6, 6.07) is 7.54. The summed E-state index contributed by atoms with van der Waals surface area (Å²) in [4.78, 5) is 16.9. The molecule has 0 aliphatic carbocycles. The zero-order valence-electron chi connectivity index (χ0n) is 12.3. The first-order valence-electron chi connectivity index (χ1n) is 7.13. The number of thiazole rings is 1. The van der Waals surface area contributed by atoms with Crippen molar-refractivity contribution in [1.82, 2.24) is 10.3 Å². The van der Waals surface area contributed by atoms with Crippen LogP contribution < -0.4 is 5.32 Å². The molecule has 0 bridgehead atoms. The Morgan fingerprint density at radius 1 is 1.29 bits per heavy atom. The predicted octanol–water partition coefficient (Wildman–Crippen LogP) is 2.73. The van der Waals surface area contributed by atoms with Crippen molar-refractivity contribution in [3.63, 3.8) is 0 Å². The molecule has 1 heterocycles. The van der Waals surface area contributed by atoms with E-state index in [9.17, 15) is 9.90 Å². The van der Waals surface area contributed by atoms with Crippen LogP contribution in [0, 0.1) is 0 Å². The number of aryl methyl sites for hydroxylation is 2. The van der Waals surface area contributed by atoms with Gasteiger partial charge in [-0.3, -0.25) is 4.79 Å². The average molecular weight is 304 g/mol. The van der Waals surface area contributed by atoms with Gasteiger partial charge in [-0.25, -0.2) is 4.98 Å². The van der Waals surface area contributed by atoms with Gasteiger partial charge in [0.05, 0.1) is 23.9 Å². The van der Waals surface area contributed by atoms with E-state index in [4.69, 9.17) is 0 Å². The van der Waals surface area contributed by atoms with Crippen molar-refractivity contribution in [2.45, 2.75) is 32.7 Å². The molecule has 0 aliphatic heterocycles. The lowest BCUT2D eigenvalue weighted by Gasteiger charge is -2.16. The number of aromatic nitrogens is 1. The highest BCUT2D eigenvalue weighted by Gasteiger charge is 2.16. The molecule has 5 heteroatoms. The van der Waals surface area contributed by atoms with Gasteiger partial charge in [0.2, 0.25) is 0 Å². The van der Waals surface area contributed by atoms with Gasteiger partial charge in [-0.1, -0.05) is 38.1 Å². The van der Waals surface area contributed by atoms with Crippen molar-refractivity contribution in [3.05, 3.63) is 51.5 Å². The molecule has 0 saturated carbocycles. The molecule has 1 amide bonds. The molecule has 0 spiro atoms. The number of hydrogen-bond acceptors (Lipinski definition) is 4. The molecule has 21 heavy (non-hydrogen) atoms. The van der Waals surface area contributed by atoms with Crippen molar-refractivity contribution in [2.75, 3.05) is 6.61 Å². The summed E-state index contributed by atoms with van der Waals surface area (Å²) in [7, 11) is 0. The second-order valence-electron chi connectivity index (χ2n) is 4.78. The standard InChI is InChI=1S/C16H20N2O2S/c1-3-11-5-7-12(8-6-11)13(10-19)18-16(20)14-9-17-15(4-2)21-14/h5-9,13,19H,3-4,10H2,1-2H3,(H,18,20). The Morgan fingerprint density at radius 2 is 2.00 bits per heavy atom. The monoisotopic (exact) mass is 304 g/mol. The fourth-order valence-electron chi connectivity index (χ4n) is 2.03. The van der Waals surface area contributed by atoms with Gasteiger partial charge in [-0.2, -0.15) is 0 Å². The fraction of sp³-hybridized carbons (Fsp3) is 0.375. The predicted molar refractivity (Wildman–Crippen MR) is 84.6 cm³/mol. The zero-order chi connectivity index (χ0) is 15.2. The van der Waals surface area contributed by atoms with Crippen LogP contribution in [0.4, 0.5) is 0 Å². The van der Waals surface area contributed by atoms with Crippen LogP contribution >= 0.6 is 11.3 Å². The van der Waals surface area contributed by atoms with Gasteiger partial charge in [-0.05, 0) is 24.0 Å². The first-order chi connectivity index (χ1) is 10.2. The highest BCUT2D eigenvalue weighted by atomic mass is 32.1. The molecule has 4 nitrogen and oxygen atoms in total. The number of carbonyl (C=O) groups is 1. The van der Waals surface area contributed by atoms with Crippen molar-refractivity contribution < 1.29 is 9.90 Å². The quantitative estimate of drug-likeness (QED) is 0.862. The Bertz CT molecular complexity index is 593. The molecule has 1 aromatic heterocycles. The van der Waals surface area contributed by atoms with Gasteiger partial charge in [0, 0.05) is 0 Å². The average Bonchev–Trinajstić information content (AvgIpc) is 3.01. The zero-order valence-corrected chi connectivity index (χ0v) is 13.1. The molecule has 1 unspecified atom stereocenters. The molecular weight excluding hydrogens is 284 g/mol. The summed E-state index contributed by atoms with van der Waals surface area (Å²) in [5, 5.41) is 13.3. The van der Waals surface area contributed by atoms with E-state index in [2.05, 4.69) is 17.2 Å². The van der Waals surface area contributed by atoms with Gasteiger partial charge >= 0.3 is 0 Å². The molecule has 112 valence electrons. The number of hydrogen-bond donors (Lipinski definition) is 2. The smallest absolute Gasteiger partial charge is 0.263 e. The Labute approximate surface area is 128 Å². The topological polar surface area (TPSA) is 62.2 Å². The normalized spacial score (nSPS) is 12.1. The highest BCUT2D eigenvalue weighted by Crippen LogP contribution is 2.17. The van der Waals surface area contributed by atoms with E-state index in [1.807, 2.05) is 31.2 Å². The third-order valence-corrected chi connectivity index (χ3v) is 4.50. The van der Waals surface area contributed by atoms with Crippen molar-refractivity contribution >= 4 is 17.2 Å². The lowest BCUT2D eigenvalue weighted by molar-refractivity contribution is 0.0920. The first-order valence-corrected chi connectivity index (χ1v) is 7.94. The second-order valence-corrected chi connectivity index (χ2v) is 5.89. The minimum absolute atomic E-state index is 0.128. The van der Waals surface area contributed by atoms with E-state index in [1.54, 1.807) is 6.20 Å². The van der Waals surface area contributed by atoms with Crippen LogP contribution in [0.3, 0.4) is 0 Å². The van der Waals surface area contributed by atoms with Crippen LogP contribution in [-0.4, -0.2) is 22.6 Å². The molecule has 0 aliphatic rings. The molecule has 0 radical (unpaired) electrons. The van der Waals surface area contributed by atoms with E-state index in [1.165, 1.54) is 16.9 Å². The number of nitrogens with one attached hydrogen (secondary N) is 1. The largest absolute Gasteiger partial charge is 0.394 e. The van der Waals surface area contributed by atoms with Crippen LogP contribution in [0.1, 0.15) is 45.7 Å². The molecule has 0 saturated heterocycles. The SMILES string of the molecule is CCc1ccc(C(CO)NC(=O)c2cnc(CC)s2)cc1. The van der Waals surface area contributed by atoms with Gasteiger partial charge in [0.15, 0.2) is 0 Å². The summed E-state index contributed by atoms with van der Waals surface area (Å²) < 4.78 is 0. The van der Waals surface area contributed by atoms with E-state index < -0.39 is 6.04 Å². The third kappa shape index (κ3) is 3.89. The van der Waals surface area contributed by atoms with E-state index in [0.29, 0.717) is 4.88 Å².